The minimum absolute atomic E-state index is 0.249. The highest BCUT2D eigenvalue weighted by Gasteiger charge is 2.33. The molecule has 1 aliphatic rings. The number of hydrogen-bond acceptors (Lipinski definition) is 2. The first kappa shape index (κ1) is 13.4. The number of nitrogens with one attached hydrogen (secondary N) is 1. The van der Waals surface area contributed by atoms with Gasteiger partial charge in [-0.15, -0.1) is 0 Å². The molecule has 2 unspecified atom stereocenters. The molecule has 0 heterocycles. The van der Waals surface area contributed by atoms with Crippen LogP contribution in [0.5, 0.6) is 5.75 Å². The molecule has 1 fully saturated rings. The lowest BCUT2D eigenvalue weighted by Gasteiger charge is -2.38. The van der Waals surface area contributed by atoms with Crippen LogP contribution in [0.15, 0.2) is 24.3 Å². The predicted molar refractivity (Wildman–Crippen MR) is 76.2 cm³/mol. The zero-order valence-electron chi connectivity index (χ0n) is 11.8. The van der Waals surface area contributed by atoms with E-state index in [1.54, 1.807) is 0 Å². The maximum absolute atomic E-state index is 5.93. The molecule has 2 heteroatoms. The number of ether oxygens (including phenoxy) is 1. The summed E-state index contributed by atoms with van der Waals surface area (Å²) >= 11 is 0. The second kappa shape index (κ2) is 6.24. The van der Waals surface area contributed by atoms with E-state index in [9.17, 15) is 0 Å². The molecule has 2 atom stereocenters. The van der Waals surface area contributed by atoms with Gasteiger partial charge in [-0.3, -0.25) is 0 Å². The van der Waals surface area contributed by atoms with Gasteiger partial charge < -0.3 is 10.1 Å². The lowest BCUT2D eigenvalue weighted by Crippen LogP contribution is -2.34. The highest BCUT2D eigenvalue weighted by Crippen LogP contribution is 2.45. The summed E-state index contributed by atoms with van der Waals surface area (Å²) < 4.78 is 5.93. The molecule has 2 rings (SSSR count). The van der Waals surface area contributed by atoms with E-state index in [1.165, 1.54) is 18.4 Å². The van der Waals surface area contributed by atoms with Crippen molar-refractivity contribution in [1.82, 2.24) is 5.32 Å². The highest BCUT2D eigenvalue weighted by molar-refractivity contribution is 5.38. The summed E-state index contributed by atoms with van der Waals surface area (Å²) in [7, 11) is 0. The second-order valence-electron chi connectivity index (χ2n) is 5.46. The van der Waals surface area contributed by atoms with E-state index >= 15 is 0 Å². The van der Waals surface area contributed by atoms with Gasteiger partial charge >= 0.3 is 0 Å². The fraction of sp³-hybridized carbons (Fsp3) is 0.625. The van der Waals surface area contributed by atoms with Gasteiger partial charge in [0, 0.05) is 0 Å². The van der Waals surface area contributed by atoms with Gasteiger partial charge in [0.15, 0.2) is 0 Å². The average Bonchev–Trinajstić information content (AvgIpc) is 2.30. The van der Waals surface area contributed by atoms with E-state index in [1.807, 2.05) is 0 Å². The summed E-state index contributed by atoms with van der Waals surface area (Å²) in [6, 6.07) is 8.54. The van der Waals surface area contributed by atoms with Crippen LogP contribution in [0, 0.1) is 5.92 Å². The molecule has 0 amide bonds. The maximum Gasteiger partial charge on any atom is 0.123 e. The van der Waals surface area contributed by atoms with E-state index in [4.69, 9.17) is 4.74 Å². The summed E-state index contributed by atoms with van der Waals surface area (Å²) in [6.45, 7) is 8.55. The first-order valence-electron chi connectivity index (χ1n) is 7.18. The molecule has 18 heavy (non-hydrogen) atoms. The lowest BCUT2D eigenvalue weighted by atomic mass is 9.69. The topological polar surface area (TPSA) is 21.3 Å². The van der Waals surface area contributed by atoms with Crippen LogP contribution < -0.4 is 10.1 Å². The van der Waals surface area contributed by atoms with Gasteiger partial charge in [0.1, 0.15) is 5.75 Å². The van der Waals surface area contributed by atoms with Crippen LogP contribution >= 0.6 is 0 Å². The van der Waals surface area contributed by atoms with Crippen molar-refractivity contribution in [3.05, 3.63) is 29.8 Å². The van der Waals surface area contributed by atoms with Crippen LogP contribution in [0.1, 0.15) is 45.1 Å². The third kappa shape index (κ3) is 3.05. The summed E-state index contributed by atoms with van der Waals surface area (Å²) in [5, 5.41) is 3.47. The molecule has 100 valence electrons. The first-order chi connectivity index (χ1) is 8.72. The van der Waals surface area contributed by atoms with Crippen molar-refractivity contribution in [1.29, 1.82) is 0 Å². The Morgan fingerprint density at radius 3 is 2.67 bits per heavy atom. The molecule has 1 aromatic rings. The fourth-order valence-electron chi connectivity index (χ4n) is 2.70. The van der Waals surface area contributed by atoms with E-state index in [0.29, 0.717) is 5.92 Å². The van der Waals surface area contributed by atoms with Gasteiger partial charge in [0.25, 0.3) is 0 Å². The largest absolute Gasteiger partial charge is 0.491 e. The van der Waals surface area contributed by atoms with Gasteiger partial charge in [-0.05, 0) is 63.2 Å². The molecule has 0 saturated heterocycles. The van der Waals surface area contributed by atoms with E-state index in [2.05, 4.69) is 50.4 Å². The van der Waals surface area contributed by atoms with E-state index < -0.39 is 0 Å². The van der Waals surface area contributed by atoms with Crippen LogP contribution in [0.25, 0.3) is 0 Å². The Morgan fingerprint density at radius 1 is 1.28 bits per heavy atom. The summed E-state index contributed by atoms with van der Waals surface area (Å²) in [5.41, 5.74) is 1.40. The second-order valence-corrected chi connectivity index (χ2v) is 5.46. The van der Waals surface area contributed by atoms with Crippen LogP contribution in [-0.2, 0) is 0 Å². The van der Waals surface area contributed by atoms with Crippen molar-refractivity contribution in [3.63, 3.8) is 0 Å². The van der Waals surface area contributed by atoms with Crippen LogP contribution in [0.3, 0.4) is 0 Å². The smallest absolute Gasteiger partial charge is 0.123 e. The zero-order valence-corrected chi connectivity index (χ0v) is 11.8. The van der Waals surface area contributed by atoms with Crippen molar-refractivity contribution >= 4 is 0 Å². The number of benzene rings is 1. The van der Waals surface area contributed by atoms with E-state index in [-0.39, 0.29) is 6.10 Å². The quantitative estimate of drug-likeness (QED) is 0.829. The molecule has 0 aliphatic heterocycles. The predicted octanol–water partition coefficient (Wildman–Crippen LogP) is 3.58. The third-order valence-electron chi connectivity index (χ3n) is 3.76. The molecular weight excluding hydrogens is 222 g/mol. The first-order valence-corrected chi connectivity index (χ1v) is 7.18. The van der Waals surface area contributed by atoms with Crippen molar-refractivity contribution in [2.75, 3.05) is 13.1 Å². The molecule has 0 radical (unpaired) electrons. The number of para-hydroxylation sites is 1. The van der Waals surface area contributed by atoms with Gasteiger partial charge in [0.2, 0.25) is 0 Å². The summed E-state index contributed by atoms with van der Waals surface area (Å²) in [5.74, 6) is 2.54. The minimum atomic E-state index is 0.249. The molecule has 1 N–H and O–H groups in total. The average molecular weight is 247 g/mol. The molecular formula is C16H25NO. The van der Waals surface area contributed by atoms with Gasteiger partial charge in [-0.2, -0.15) is 0 Å². The van der Waals surface area contributed by atoms with Gasteiger partial charge in [-0.25, -0.2) is 0 Å². The van der Waals surface area contributed by atoms with Crippen LogP contribution in [0.4, 0.5) is 0 Å². The van der Waals surface area contributed by atoms with Crippen molar-refractivity contribution in [3.8, 4) is 5.75 Å². The van der Waals surface area contributed by atoms with Crippen LogP contribution in [0.2, 0.25) is 0 Å². The Bertz CT molecular complexity index is 375. The molecule has 2 nitrogen and oxygen atoms in total. The van der Waals surface area contributed by atoms with Crippen molar-refractivity contribution in [2.45, 2.75) is 45.6 Å². The molecule has 1 saturated carbocycles. The normalized spacial score (nSPS) is 22.9. The Balaban J connectivity index is 2.07. The Kier molecular flexibility index (Phi) is 4.65. The zero-order chi connectivity index (χ0) is 13.0. The Labute approximate surface area is 111 Å². The summed E-state index contributed by atoms with van der Waals surface area (Å²) in [4.78, 5) is 0. The Morgan fingerprint density at radius 2 is 2.06 bits per heavy atom. The SMILES string of the molecule is CCNCC1CCC1c1ccccc1OC(C)C. The van der Waals surface area contributed by atoms with Crippen molar-refractivity contribution < 1.29 is 4.74 Å². The van der Waals surface area contributed by atoms with Crippen LogP contribution in [-0.4, -0.2) is 19.2 Å². The number of rotatable bonds is 6. The minimum Gasteiger partial charge on any atom is -0.491 e. The van der Waals surface area contributed by atoms with Gasteiger partial charge in [0.05, 0.1) is 6.10 Å². The number of hydrogen-bond donors (Lipinski definition) is 1. The standard InChI is InChI=1S/C16H25NO/c1-4-17-11-13-9-10-14(13)15-7-5-6-8-16(15)18-12(2)3/h5-8,12-14,17H,4,9-11H2,1-3H3. The highest BCUT2D eigenvalue weighted by atomic mass is 16.5. The maximum atomic E-state index is 5.93. The third-order valence-corrected chi connectivity index (χ3v) is 3.76. The van der Waals surface area contributed by atoms with E-state index in [0.717, 1.165) is 24.8 Å². The molecule has 0 aromatic heterocycles. The molecule has 1 aliphatic carbocycles. The summed E-state index contributed by atoms with van der Waals surface area (Å²) in [6.07, 6.45) is 2.89. The molecule has 0 spiro atoms. The van der Waals surface area contributed by atoms with Gasteiger partial charge in [-0.1, -0.05) is 25.1 Å². The monoisotopic (exact) mass is 247 g/mol. The lowest BCUT2D eigenvalue weighted by molar-refractivity contribution is 0.214. The van der Waals surface area contributed by atoms with Crippen molar-refractivity contribution in [2.24, 2.45) is 5.92 Å². The molecule has 1 aromatic carbocycles. The fourth-order valence-corrected chi connectivity index (χ4v) is 2.70. The molecule has 0 bridgehead atoms. The Hall–Kier alpha value is -1.02.